The van der Waals surface area contributed by atoms with Crippen LogP contribution in [-0.4, -0.2) is 53.1 Å². The third kappa shape index (κ3) is 23.5. The average molecular weight is 1710 g/mol. The fraction of sp³-hybridized carbons (Fsp3) is 0.564. The minimum absolute atomic E-state index is 0.175. The molecule has 0 N–H and O–H groups in total. The molecule has 8 heteroatoms. The van der Waals surface area contributed by atoms with Crippen LogP contribution >= 0.6 is 0 Å². The van der Waals surface area contributed by atoms with Gasteiger partial charge in [0.1, 0.15) is 0 Å². The molecule has 0 amide bonds. The van der Waals surface area contributed by atoms with E-state index < -0.39 is 53.1 Å². The van der Waals surface area contributed by atoms with Gasteiger partial charge in [-0.25, -0.2) is 0 Å². The second-order valence-corrected chi connectivity index (χ2v) is 83.0. The Labute approximate surface area is 679 Å². The summed E-state index contributed by atoms with van der Waals surface area (Å²) < 4.78 is 16.4. The van der Waals surface area contributed by atoms with Crippen LogP contribution in [0.15, 0.2) is 122 Å². The topological polar surface area (TPSA) is 15.5 Å². The van der Waals surface area contributed by atoms with Crippen molar-refractivity contribution < 1.29 is 18.3 Å². The van der Waals surface area contributed by atoms with Crippen molar-refractivity contribution in [1.82, 2.24) is 0 Å². The van der Waals surface area contributed by atoms with Crippen LogP contribution in [0.3, 0.4) is 0 Å². The Morgan fingerprint density at radius 3 is 0.927 bits per heavy atom. The van der Waals surface area contributed by atoms with Crippen LogP contribution in [0.2, 0.25) is 69.1 Å². The molecular formula is C101H154Ge4N4+4. The third-order valence-electron chi connectivity index (χ3n) is 25.8. The van der Waals surface area contributed by atoms with Crippen molar-refractivity contribution in [3.63, 3.8) is 0 Å². The molecular weight excluding hydrogens is 1560 g/mol. The molecule has 4 aliphatic rings. The van der Waals surface area contributed by atoms with Crippen LogP contribution in [0.1, 0.15) is 243 Å². The van der Waals surface area contributed by atoms with Crippen molar-refractivity contribution in [1.29, 1.82) is 0 Å². The molecule has 0 spiro atoms. The fourth-order valence-electron chi connectivity index (χ4n) is 19.2. The Morgan fingerprint density at radius 1 is 0.339 bits per heavy atom. The van der Waals surface area contributed by atoms with E-state index in [4.69, 9.17) is 0 Å². The van der Waals surface area contributed by atoms with E-state index in [0.717, 1.165) is 23.7 Å². The number of benzene rings is 4. The Bertz CT molecular complexity index is 4370. The predicted octanol–water partition coefficient (Wildman–Crippen LogP) is 23.7. The molecule has 4 fully saturated rings. The Hall–Kier alpha value is -4.35. The second-order valence-electron chi connectivity index (χ2n) is 40.7. The van der Waals surface area contributed by atoms with Gasteiger partial charge in [0, 0.05) is 0 Å². The number of pyridine rings is 4. The average Bonchev–Trinajstić information content (AvgIpc) is 1.74. The van der Waals surface area contributed by atoms with Crippen molar-refractivity contribution in [3.8, 4) is 45.0 Å². The zero-order valence-electron chi connectivity index (χ0n) is 74.9. The molecule has 0 bridgehead atoms. The molecule has 4 nitrogen and oxygen atoms in total. The van der Waals surface area contributed by atoms with Gasteiger partial charge < -0.3 is 0 Å². The zero-order valence-corrected chi connectivity index (χ0v) is 83.2. The van der Waals surface area contributed by atoms with Gasteiger partial charge in [-0.05, 0) is 0 Å². The summed E-state index contributed by atoms with van der Waals surface area (Å²) in [5.41, 5.74) is 29.1. The zero-order chi connectivity index (χ0) is 79.8. The molecule has 0 radical (unpaired) electrons. The van der Waals surface area contributed by atoms with E-state index in [9.17, 15) is 0 Å². The normalized spacial score (nSPS) is 15.7. The number of hydrogen-bond donors (Lipinski definition) is 0. The molecule has 0 saturated heterocycles. The van der Waals surface area contributed by atoms with E-state index in [1.807, 2.05) is 0 Å². The fourth-order valence-corrected chi connectivity index (χ4v) is 33.4. The summed E-state index contributed by atoms with van der Waals surface area (Å²) in [5.74, 6) is 35.5. The first-order valence-electron chi connectivity index (χ1n) is 43.7. The summed E-state index contributed by atoms with van der Waals surface area (Å²) in [6.45, 7) is 27.3. The Kier molecular flexibility index (Phi) is 30.8. The third-order valence-corrected chi connectivity index (χ3v) is 43.3. The van der Waals surface area contributed by atoms with Crippen LogP contribution in [0, 0.1) is 58.3 Å². The van der Waals surface area contributed by atoms with Crippen LogP contribution in [0.5, 0.6) is 0 Å². The number of aryl methyl sites for hydroxylation is 9. The van der Waals surface area contributed by atoms with Gasteiger partial charge in [-0.15, -0.1) is 0 Å². The van der Waals surface area contributed by atoms with Crippen molar-refractivity contribution in [2.75, 3.05) is 0 Å². The monoisotopic (exact) mass is 1720 g/mol. The first-order valence-corrected chi connectivity index (χ1v) is 73.0. The number of rotatable bonds is 20. The minimum atomic E-state index is -1.97. The predicted molar refractivity (Wildman–Crippen MR) is 487 cm³/mol. The summed E-state index contributed by atoms with van der Waals surface area (Å²) in [4.78, 5) is 0. The molecule has 0 aliphatic heterocycles. The van der Waals surface area contributed by atoms with Gasteiger partial charge in [0.2, 0.25) is 0 Å². The van der Waals surface area contributed by atoms with Gasteiger partial charge in [0.25, 0.3) is 0 Å². The van der Waals surface area contributed by atoms with Crippen molar-refractivity contribution in [2.45, 2.75) is 311 Å². The van der Waals surface area contributed by atoms with Gasteiger partial charge >= 0.3 is 685 Å². The van der Waals surface area contributed by atoms with Crippen molar-refractivity contribution in [2.24, 2.45) is 51.9 Å². The maximum absolute atomic E-state index is 2.59. The molecule has 12 rings (SSSR count). The van der Waals surface area contributed by atoms with Crippen LogP contribution < -0.4 is 35.9 Å². The van der Waals surface area contributed by atoms with E-state index >= 15 is 0 Å². The molecule has 0 atom stereocenters. The first kappa shape index (κ1) is 88.6. The van der Waals surface area contributed by atoms with E-state index in [0.29, 0.717) is 11.8 Å². The standard InChI is InChI=1S/C27H42GeN.C26H40GeN.C25H38GeN.C23H34GeN/c1-8-22(9-2)23-15-14-20(3)25(17-23)27-18-26(28(4,5)6)24(19-29(27)7)16-21-12-10-11-13-21;1-19-13-14-22(26(2,3)4)16-23(19)25-17-24(27(5,6)7)21(18-28(25)8)15-20-11-9-10-12-20;1-18(2)21-12-13-23(19(3)14-21)25-16-24(26(4,5)6)22(17-27(25)7)15-20-10-8-9-11-20;1-17-11-12-21(18(2)13-17)23-15-22(24(3,4)5)20(16-25(23)6)14-19-9-7-8-10-19/h14-15,17-19,21-22H,8-13,16H2,1-7H3;13-14,16-18,20H,9-12,15H2,1-8H3;12-14,16-18,20H,8-11,15H2,1-7H3;11-13,15-16,19H,7-10,14H2,1-6H3/q4*+1. The molecule has 4 aromatic heterocycles. The van der Waals surface area contributed by atoms with Crippen LogP contribution in [-0.2, 0) is 59.3 Å². The van der Waals surface area contributed by atoms with E-state index in [-0.39, 0.29) is 5.41 Å². The molecule has 590 valence electrons. The molecule has 4 aromatic carbocycles. The van der Waals surface area contributed by atoms with Gasteiger partial charge in [0.05, 0.1) is 0 Å². The first-order chi connectivity index (χ1) is 51.1. The summed E-state index contributed by atoms with van der Waals surface area (Å²) in [7, 11) is 8.97. The second kappa shape index (κ2) is 37.9. The Morgan fingerprint density at radius 2 is 0.633 bits per heavy atom. The number of aromatic nitrogens is 4. The van der Waals surface area contributed by atoms with Gasteiger partial charge in [-0.2, -0.15) is 0 Å². The summed E-state index contributed by atoms with van der Waals surface area (Å²) >= 11 is -7.81. The summed E-state index contributed by atoms with van der Waals surface area (Å²) in [6, 6.07) is 38.4. The van der Waals surface area contributed by atoms with Crippen LogP contribution in [0.25, 0.3) is 45.0 Å². The van der Waals surface area contributed by atoms with E-state index in [1.165, 1.54) is 231 Å². The summed E-state index contributed by atoms with van der Waals surface area (Å²) in [5, 5.41) is 0. The number of nitrogens with zero attached hydrogens (tertiary/aromatic N) is 4. The molecule has 4 aliphatic carbocycles. The molecule has 4 heterocycles. The molecule has 109 heavy (non-hydrogen) atoms. The van der Waals surface area contributed by atoms with E-state index in [1.54, 1.807) is 39.8 Å². The molecule has 8 aromatic rings. The number of hydrogen-bond acceptors (Lipinski definition) is 0. The van der Waals surface area contributed by atoms with Gasteiger partial charge in [0.15, 0.2) is 0 Å². The van der Waals surface area contributed by atoms with Gasteiger partial charge in [-0.3, -0.25) is 0 Å². The Balaban J connectivity index is 0.000000168. The maximum atomic E-state index is 2.59. The van der Waals surface area contributed by atoms with Gasteiger partial charge in [-0.1, -0.05) is 0 Å². The van der Waals surface area contributed by atoms with Crippen LogP contribution in [0.4, 0.5) is 0 Å². The van der Waals surface area contributed by atoms with Crippen molar-refractivity contribution >= 4 is 70.6 Å². The van der Waals surface area contributed by atoms with E-state index in [2.05, 4.69) is 320 Å². The SMILES string of the molecule is CCC(CC)c1ccc(C)c(-c2c[c]([Ge]([CH3])([CH3])[CH3])c(CC3CCCC3)c[n+]2C)c1.Cc1cc(C(C)C)ccc1-c1c[c]([Ge]([CH3])([CH3])[CH3])c(CC2CCCC2)c[n+]1C.Cc1ccc(-c2c[c]([Ge]([CH3])([CH3])[CH3])c(CC3CCCC3)c[n+]2C)c(C)c1.Cc1ccc(C(C)(C)C)cc1-c1c[c]([Ge]([CH3])([CH3])[CH3])c(CC2CCCC2)c[n+]1C. The quantitative estimate of drug-likeness (QED) is 0.0534. The van der Waals surface area contributed by atoms with Crippen molar-refractivity contribution in [3.05, 3.63) is 189 Å². The molecule has 4 saturated carbocycles. The molecule has 0 unspecified atom stereocenters. The summed E-state index contributed by atoms with van der Waals surface area (Å²) in [6.07, 6.45) is 40.4.